The Morgan fingerprint density at radius 2 is 2.12 bits per heavy atom. The third-order valence-corrected chi connectivity index (χ3v) is 3.54. The molecule has 2 aliphatic rings. The number of piperidine rings is 1. The van der Waals surface area contributed by atoms with E-state index in [1.165, 1.54) is 19.3 Å². The number of halogens is 1. The van der Waals surface area contributed by atoms with Crippen molar-refractivity contribution in [1.82, 2.24) is 10.6 Å². The van der Waals surface area contributed by atoms with Crippen molar-refractivity contribution in [2.75, 3.05) is 13.1 Å². The van der Waals surface area contributed by atoms with E-state index < -0.39 is 0 Å². The molecular formula is C12H23ClN2O. The van der Waals surface area contributed by atoms with Crippen molar-refractivity contribution in [2.24, 2.45) is 11.8 Å². The highest BCUT2D eigenvalue weighted by atomic mass is 35.5. The van der Waals surface area contributed by atoms with Gasteiger partial charge >= 0.3 is 0 Å². The van der Waals surface area contributed by atoms with Gasteiger partial charge in [0, 0.05) is 18.5 Å². The van der Waals surface area contributed by atoms with E-state index in [2.05, 4.69) is 17.6 Å². The van der Waals surface area contributed by atoms with Crippen LogP contribution in [0.25, 0.3) is 0 Å². The summed E-state index contributed by atoms with van der Waals surface area (Å²) in [6, 6.07) is 0.498. The predicted octanol–water partition coefficient (Wildman–Crippen LogP) is 1.71. The fraction of sp³-hybridized carbons (Fsp3) is 0.917. The van der Waals surface area contributed by atoms with Gasteiger partial charge in [0.2, 0.25) is 5.91 Å². The Hall–Kier alpha value is -0.280. The van der Waals surface area contributed by atoms with E-state index in [9.17, 15) is 4.79 Å². The van der Waals surface area contributed by atoms with E-state index in [1.807, 2.05) is 0 Å². The molecule has 2 rings (SSSR count). The maximum Gasteiger partial charge on any atom is 0.223 e. The molecule has 0 aromatic heterocycles. The topological polar surface area (TPSA) is 41.1 Å². The Labute approximate surface area is 104 Å². The second-order valence-electron chi connectivity index (χ2n) is 5.10. The normalized spacial score (nSPS) is 29.3. The number of hydrogen-bond acceptors (Lipinski definition) is 2. The summed E-state index contributed by atoms with van der Waals surface area (Å²) in [6.45, 7) is 4.04. The van der Waals surface area contributed by atoms with Gasteiger partial charge < -0.3 is 10.6 Å². The molecule has 0 aromatic rings. The minimum atomic E-state index is 0. The van der Waals surface area contributed by atoms with Crippen LogP contribution in [0.5, 0.6) is 0 Å². The van der Waals surface area contributed by atoms with Crippen LogP contribution in [0, 0.1) is 11.8 Å². The van der Waals surface area contributed by atoms with E-state index in [-0.39, 0.29) is 24.2 Å². The van der Waals surface area contributed by atoms with Crippen LogP contribution in [0.3, 0.4) is 0 Å². The summed E-state index contributed by atoms with van der Waals surface area (Å²) in [4.78, 5) is 11.8. The lowest BCUT2D eigenvalue weighted by Crippen LogP contribution is -2.42. The fourth-order valence-electron chi connectivity index (χ4n) is 2.32. The summed E-state index contributed by atoms with van der Waals surface area (Å²) in [5, 5.41) is 6.45. The molecule has 1 aliphatic carbocycles. The zero-order valence-electron chi connectivity index (χ0n) is 10.00. The summed E-state index contributed by atoms with van der Waals surface area (Å²) in [7, 11) is 0. The standard InChI is InChI=1S/C12H22N2O.ClH/c1-9-8-11(5-7-13-9)12(15)14-6-4-10-2-3-10;/h9-11,13H,2-8H2,1H3,(H,14,15);1H/t9-,11-;/m0./s1. The van der Waals surface area contributed by atoms with Crippen LogP contribution in [0.1, 0.15) is 39.0 Å². The van der Waals surface area contributed by atoms with Crippen molar-refractivity contribution < 1.29 is 4.79 Å². The molecule has 0 unspecified atom stereocenters. The Morgan fingerprint density at radius 3 is 2.75 bits per heavy atom. The van der Waals surface area contributed by atoms with Crippen LogP contribution in [-0.4, -0.2) is 25.0 Å². The first-order chi connectivity index (χ1) is 7.25. The van der Waals surface area contributed by atoms with Gasteiger partial charge in [-0.2, -0.15) is 0 Å². The Kier molecular flexibility index (Phi) is 5.56. The molecular weight excluding hydrogens is 224 g/mol. The van der Waals surface area contributed by atoms with Gasteiger partial charge in [0.05, 0.1) is 0 Å². The highest BCUT2D eigenvalue weighted by Gasteiger charge is 2.25. The Morgan fingerprint density at radius 1 is 1.38 bits per heavy atom. The maximum absolute atomic E-state index is 11.8. The first-order valence-electron chi connectivity index (χ1n) is 6.27. The molecule has 0 radical (unpaired) electrons. The van der Waals surface area contributed by atoms with Crippen LogP contribution < -0.4 is 10.6 Å². The molecule has 4 heteroatoms. The number of rotatable bonds is 4. The van der Waals surface area contributed by atoms with Gasteiger partial charge in [-0.25, -0.2) is 0 Å². The monoisotopic (exact) mass is 246 g/mol. The van der Waals surface area contributed by atoms with Gasteiger partial charge in [0.15, 0.2) is 0 Å². The summed E-state index contributed by atoms with van der Waals surface area (Å²) in [6.07, 6.45) is 5.93. The lowest BCUT2D eigenvalue weighted by Gasteiger charge is -2.27. The minimum Gasteiger partial charge on any atom is -0.356 e. The second kappa shape index (κ2) is 6.45. The molecule has 1 heterocycles. The predicted molar refractivity (Wildman–Crippen MR) is 67.8 cm³/mol. The van der Waals surface area contributed by atoms with Crippen molar-refractivity contribution in [3.05, 3.63) is 0 Å². The summed E-state index contributed by atoms with van der Waals surface area (Å²) in [5.41, 5.74) is 0. The van der Waals surface area contributed by atoms with Gasteiger partial charge in [-0.05, 0) is 38.6 Å². The molecule has 2 N–H and O–H groups in total. The first-order valence-corrected chi connectivity index (χ1v) is 6.27. The van der Waals surface area contributed by atoms with Crippen LogP contribution in [0.2, 0.25) is 0 Å². The number of carbonyl (C=O) groups is 1. The molecule has 1 amide bonds. The molecule has 94 valence electrons. The number of carbonyl (C=O) groups excluding carboxylic acids is 1. The van der Waals surface area contributed by atoms with E-state index in [4.69, 9.17) is 0 Å². The maximum atomic E-state index is 11.8. The molecule has 0 bridgehead atoms. The third-order valence-electron chi connectivity index (χ3n) is 3.54. The number of nitrogens with one attached hydrogen (secondary N) is 2. The zero-order valence-corrected chi connectivity index (χ0v) is 10.8. The largest absolute Gasteiger partial charge is 0.356 e. The molecule has 1 saturated heterocycles. The molecule has 1 saturated carbocycles. The lowest BCUT2D eigenvalue weighted by atomic mass is 9.92. The fourth-order valence-corrected chi connectivity index (χ4v) is 2.32. The van der Waals surface area contributed by atoms with Crippen molar-refractivity contribution in [3.8, 4) is 0 Å². The molecule has 0 aromatic carbocycles. The van der Waals surface area contributed by atoms with Crippen molar-refractivity contribution in [3.63, 3.8) is 0 Å². The lowest BCUT2D eigenvalue weighted by molar-refractivity contribution is -0.126. The van der Waals surface area contributed by atoms with E-state index in [0.29, 0.717) is 6.04 Å². The summed E-state index contributed by atoms with van der Waals surface area (Å²) < 4.78 is 0. The molecule has 0 spiro atoms. The molecule has 16 heavy (non-hydrogen) atoms. The number of amides is 1. The van der Waals surface area contributed by atoms with Crippen molar-refractivity contribution in [2.45, 2.75) is 45.1 Å². The Balaban J connectivity index is 0.00000128. The van der Waals surface area contributed by atoms with Gasteiger partial charge in [-0.1, -0.05) is 12.8 Å². The quantitative estimate of drug-likeness (QED) is 0.793. The average Bonchev–Trinajstić information content (AvgIpc) is 3.01. The molecule has 3 nitrogen and oxygen atoms in total. The van der Waals surface area contributed by atoms with Crippen LogP contribution in [0.15, 0.2) is 0 Å². The smallest absolute Gasteiger partial charge is 0.223 e. The third kappa shape index (κ3) is 4.30. The van der Waals surface area contributed by atoms with Crippen molar-refractivity contribution in [1.29, 1.82) is 0 Å². The van der Waals surface area contributed by atoms with E-state index >= 15 is 0 Å². The average molecular weight is 247 g/mol. The van der Waals surface area contributed by atoms with Gasteiger partial charge in [0.25, 0.3) is 0 Å². The van der Waals surface area contributed by atoms with Gasteiger partial charge in [0.1, 0.15) is 0 Å². The molecule has 2 fully saturated rings. The summed E-state index contributed by atoms with van der Waals surface area (Å²) in [5.74, 6) is 1.45. The van der Waals surface area contributed by atoms with E-state index in [1.54, 1.807) is 0 Å². The molecule has 2 atom stereocenters. The summed E-state index contributed by atoms with van der Waals surface area (Å²) >= 11 is 0. The highest BCUT2D eigenvalue weighted by molar-refractivity contribution is 5.85. The number of hydrogen-bond donors (Lipinski definition) is 2. The molecule has 1 aliphatic heterocycles. The second-order valence-corrected chi connectivity index (χ2v) is 5.10. The first kappa shape index (κ1) is 13.8. The minimum absolute atomic E-state index is 0. The highest BCUT2D eigenvalue weighted by Crippen LogP contribution is 2.31. The van der Waals surface area contributed by atoms with Crippen LogP contribution >= 0.6 is 12.4 Å². The van der Waals surface area contributed by atoms with E-state index in [0.717, 1.165) is 31.8 Å². The van der Waals surface area contributed by atoms with Crippen LogP contribution in [-0.2, 0) is 4.79 Å². The van der Waals surface area contributed by atoms with Gasteiger partial charge in [-0.3, -0.25) is 4.79 Å². The SMILES string of the molecule is C[C@H]1C[C@@H](C(=O)NCCC2CC2)CCN1.Cl. The zero-order chi connectivity index (χ0) is 10.7. The van der Waals surface area contributed by atoms with Crippen molar-refractivity contribution >= 4 is 18.3 Å². The van der Waals surface area contributed by atoms with Gasteiger partial charge in [-0.15, -0.1) is 12.4 Å². The Bertz CT molecular complexity index is 231. The van der Waals surface area contributed by atoms with Crippen LogP contribution in [0.4, 0.5) is 0 Å².